The van der Waals surface area contributed by atoms with Gasteiger partial charge in [-0.05, 0) is 30.7 Å². The summed E-state index contributed by atoms with van der Waals surface area (Å²) >= 11 is 0. The van der Waals surface area contributed by atoms with Crippen molar-refractivity contribution in [3.8, 4) is 5.75 Å². The standard InChI is InChI=1S/C15H22N2O5S/c1-10-6-12(18)4-5-13(10)15(19)16-14-8-22-7-11(14)9-23(20,21)17(2)3/h4-6,11,14,18H,7-9H2,1-3H3,(H,16,19)/t11-,14+/m0/s1. The van der Waals surface area contributed by atoms with Crippen molar-refractivity contribution in [2.24, 2.45) is 5.92 Å². The normalized spacial score (nSPS) is 21.6. The van der Waals surface area contributed by atoms with E-state index in [2.05, 4.69) is 5.32 Å². The number of sulfonamides is 1. The monoisotopic (exact) mass is 342 g/mol. The molecule has 2 atom stereocenters. The van der Waals surface area contributed by atoms with Gasteiger partial charge in [0, 0.05) is 25.6 Å². The zero-order valence-corrected chi connectivity index (χ0v) is 14.3. The van der Waals surface area contributed by atoms with E-state index in [-0.39, 0.29) is 36.0 Å². The number of nitrogens with zero attached hydrogens (tertiary/aromatic N) is 1. The number of hydrogen-bond donors (Lipinski definition) is 2. The summed E-state index contributed by atoms with van der Waals surface area (Å²) in [5, 5.41) is 12.2. The van der Waals surface area contributed by atoms with E-state index >= 15 is 0 Å². The number of amides is 1. The molecule has 2 rings (SSSR count). The Hall–Kier alpha value is -1.64. The van der Waals surface area contributed by atoms with Crippen molar-refractivity contribution < 1.29 is 23.1 Å². The molecule has 0 bridgehead atoms. The van der Waals surface area contributed by atoms with Crippen LogP contribution in [0.4, 0.5) is 0 Å². The smallest absolute Gasteiger partial charge is 0.251 e. The second-order valence-electron chi connectivity index (χ2n) is 5.94. The SMILES string of the molecule is Cc1cc(O)ccc1C(=O)N[C@@H]1COC[C@H]1CS(=O)(=O)N(C)C. The van der Waals surface area contributed by atoms with Crippen LogP contribution < -0.4 is 5.32 Å². The Morgan fingerprint density at radius 1 is 1.39 bits per heavy atom. The number of carbonyl (C=O) groups excluding carboxylic acids is 1. The topological polar surface area (TPSA) is 95.9 Å². The van der Waals surface area contributed by atoms with E-state index in [1.165, 1.54) is 30.5 Å². The number of ether oxygens (including phenoxy) is 1. The van der Waals surface area contributed by atoms with Gasteiger partial charge < -0.3 is 15.2 Å². The molecule has 0 aromatic heterocycles. The molecule has 0 aliphatic carbocycles. The maximum atomic E-state index is 12.4. The molecule has 0 unspecified atom stereocenters. The molecule has 128 valence electrons. The fraction of sp³-hybridized carbons (Fsp3) is 0.533. The van der Waals surface area contributed by atoms with Crippen molar-refractivity contribution in [2.45, 2.75) is 13.0 Å². The molecule has 8 heteroatoms. The lowest BCUT2D eigenvalue weighted by molar-refractivity contribution is 0.0925. The second-order valence-corrected chi connectivity index (χ2v) is 8.17. The summed E-state index contributed by atoms with van der Waals surface area (Å²) in [5.74, 6) is -0.563. The number of nitrogens with one attached hydrogen (secondary N) is 1. The van der Waals surface area contributed by atoms with Gasteiger partial charge in [0.15, 0.2) is 0 Å². The highest BCUT2D eigenvalue weighted by Crippen LogP contribution is 2.19. The first-order valence-electron chi connectivity index (χ1n) is 7.29. The predicted octanol–water partition coefficient (Wildman–Crippen LogP) is 0.337. The van der Waals surface area contributed by atoms with Crippen molar-refractivity contribution in [2.75, 3.05) is 33.1 Å². The van der Waals surface area contributed by atoms with E-state index in [0.717, 1.165) is 0 Å². The van der Waals surface area contributed by atoms with Crippen LogP contribution in [0.1, 0.15) is 15.9 Å². The minimum atomic E-state index is -3.36. The average molecular weight is 342 g/mol. The van der Waals surface area contributed by atoms with E-state index in [1.54, 1.807) is 13.0 Å². The molecule has 1 heterocycles. The number of hydrogen-bond acceptors (Lipinski definition) is 5. The number of benzene rings is 1. The Morgan fingerprint density at radius 3 is 2.70 bits per heavy atom. The van der Waals surface area contributed by atoms with Gasteiger partial charge in [0.2, 0.25) is 10.0 Å². The Balaban J connectivity index is 2.08. The molecule has 2 N–H and O–H groups in total. The number of carbonyl (C=O) groups is 1. The van der Waals surface area contributed by atoms with Gasteiger partial charge in [-0.15, -0.1) is 0 Å². The molecule has 1 aliphatic heterocycles. The first kappa shape index (κ1) is 17.7. The molecule has 1 aromatic rings. The summed E-state index contributed by atoms with van der Waals surface area (Å²) in [7, 11) is -0.390. The Labute approximate surface area is 136 Å². The highest BCUT2D eigenvalue weighted by Gasteiger charge is 2.34. The molecule has 0 spiro atoms. The molecular formula is C15H22N2O5S. The maximum Gasteiger partial charge on any atom is 0.251 e. The van der Waals surface area contributed by atoms with Gasteiger partial charge in [0.05, 0.1) is 25.0 Å². The zero-order chi connectivity index (χ0) is 17.2. The van der Waals surface area contributed by atoms with Crippen LogP contribution in [0.5, 0.6) is 5.75 Å². The first-order valence-corrected chi connectivity index (χ1v) is 8.90. The molecular weight excluding hydrogens is 320 g/mol. The summed E-state index contributed by atoms with van der Waals surface area (Å²) in [6.45, 7) is 2.32. The Bertz CT molecular complexity index is 687. The first-order chi connectivity index (χ1) is 10.7. The second kappa shape index (κ2) is 6.86. The third-order valence-electron chi connectivity index (χ3n) is 3.95. The fourth-order valence-corrected chi connectivity index (χ4v) is 3.66. The van der Waals surface area contributed by atoms with E-state index in [0.29, 0.717) is 17.7 Å². The Kier molecular flexibility index (Phi) is 5.28. The van der Waals surface area contributed by atoms with Crippen molar-refractivity contribution in [3.05, 3.63) is 29.3 Å². The fourth-order valence-electron chi connectivity index (χ4n) is 2.49. The lowest BCUT2D eigenvalue weighted by atomic mass is 10.0. The summed E-state index contributed by atoms with van der Waals surface area (Å²) in [6, 6.07) is 4.14. The van der Waals surface area contributed by atoms with Crippen LogP contribution in [-0.2, 0) is 14.8 Å². The summed E-state index contributed by atoms with van der Waals surface area (Å²) < 4.78 is 30.5. The number of aryl methyl sites for hydroxylation is 1. The number of aromatic hydroxyl groups is 1. The molecule has 1 amide bonds. The average Bonchev–Trinajstić information content (AvgIpc) is 2.84. The van der Waals surface area contributed by atoms with Crippen LogP contribution in [0.2, 0.25) is 0 Å². The van der Waals surface area contributed by atoms with E-state index in [1.807, 2.05) is 0 Å². The van der Waals surface area contributed by atoms with Gasteiger partial charge in [0.25, 0.3) is 5.91 Å². The van der Waals surface area contributed by atoms with Gasteiger partial charge in [-0.25, -0.2) is 12.7 Å². The van der Waals surface area contributed by atoms with Crippen LogP contribution in [0.25, 0.3) is 0 Å². The molecule has 23 heavy (non-hydrogen) atoms. The quantitative estimate of drug-likeness (QED) is 0.804. The Morgan fingerprint density at radius 2 is 2.09 bits per heavy atom. The van der Waals surface area contributed by atoms with Crippen molar-refractivity contribution >= 4 is 15.9 Å². The minimum absolute atomic E-state index is 0.0699. The van der Waals surface area contributed by atoms with Gasteiger partial charge in [0.1, 0.15) is 5.75 Å². The molecule has 1 aliphatic rings. The van der Waals surface area contributed by atoms with Gasteiger partial charge in [-0.3, -0.25) is 4.79 Å². The highest BCUT2D eigenvalue weighted by atomic mass is 32.2. The number of phenols is 1. The molecule has 0 radical (unpaired) electrons. The summed E-state index contributed by atoms with van der Waals surface area (Å²) in [4.78, 5) is 12.4. The van der Waals surface area contributed by atoms with E-state index < -0.39 is 10.0 Å². The van der Waals surface area contributed by atoms with Crippen molar-refractivity contribution in [1.82, 2.24) is 9.62 Å². The maximum absolute atomic E-state index is 12.4. The minimum Gasteiger partial charge on any atom is -0.508 e. The molecule has 0 saturated carbocycles. The lowest BCUT2D eigenvalue weighted by Crippen LogP contribution is -2.43. The van der Waals surface area contributed by atoms with E-state index in [9.17, 15) is 18.3 Å². The highest BCUT2D eigenvalue weighted by molar-refractivity contribution is 7.89. The van der Waals surface area contributed by atoms with Crippen LogP contribution in [0.15, 0.2) is 18.2 Å². The van der Waals surface area contributed by atoms with Crippen LogP contribution in [0.3, 0.4) is 0 Å². The van der Waals surface area contributed by atoms with Gasteiger partial charge >= 0.3 is 0 Å². The zero-order valence-electron chi connectivity index (χ0n) is 13.4. The molecule has 1 fully saturated rings. The van der Waals surface area contributed by atoms with Crippen LogP contribution in [0, 0.1) is 12.8 Å². The van der Waals surface area contributed by atoms with Crippen molar-refractivity contribution in [3.63, 3.8) is 0 Å². The molecule has 1 aromatic carbocycles. The van der Waals surface area contributed by atoms with Gasteiger partial charge in [-0.2, -0.15) is 0 Å². The third-order valence-corrected chi connectivity index (χ3v) is 5.91. The third kappa shape index (κ3) is 4.21. The van der Waals surface area contributed by atoms with E-state index in [4.69, 9.17) is 4.74 Å². The summed E-state index contributed by atoms with van der Waals surface area (Å²) in [6.07, 6.45) is 0. The van der Waals surface area contributed by atoms with Crippen LogP contribution in [-0.4, -0.2) is 62.8 Å². The lowest BCUT2D eigenvalue weighted by Gasteiger charge is -2.21. The molecule has 1 saturated heterocycles. The van der Waals surface area contributed by atoms with Crippen LogP contribution >= 0.6 is 0 Å². The number of rotatable bonds is 5. The predicted molar refractivity (Wildman–Crippen MR) is 85.9 cm³/mol. The largest absolute Gasteiger partial charge is 0.508 e. The number of phenolic OH excluding ortho intramolecular Hbond substituents is 1. The summed E-state index contributed by atoms with van der Waals surface area (Å²) in [5.41, 5.74) is 1.10. The molecule has 7 nitrogen and oxygen atoms in total. The van der Waals surface area contributed by atoms with Gasteiger partial charge in [-0.1, -0.05) is 0 Å². The van der Waals surface area contributed by atoms with Crippen molar-refractivity contribution in [1.29, 1.82) is 0 Å².